The number of anilines is 1. The van der Waals surface area contributed by atoms with E-state index in [-0.39, 0.29) is 11.7 Å². The molecule has 22 heavy (non-hydrogen) atoms. The van der Waals surface area contributed by atoms with Gasteiger partial charge in [-0.2, -0.15) is 0 Å². The van der Waals surface area contributed by atoms with Gasteiger partial charge in [0.2, 0.25) is 0 Å². The largest absolute Gasteiger partial charge is 0.338 e. The quantitative estimate of drug-likeness (QED) is 0.656. The molecule has 0 atom stereocenters. The second kappa shape index (κ2) is 7.21. The van der Waals surface area contributed by atoms with Crippen LogP contribution in [0.3, 0.4) is 0 Å². The molecule has 0 radical (unpaired) electrons. The number of amides is 2. The van der Waals surface area contributed by atoms with E-state index in [1.165, 1.54) is 29.3 Å². The lowest BCUT2D eigenvalue weighted by atomic mass is 10.1. The number of benzene rings is 2. The average Bonchev–Trinajstić information content (AvgIpc) is 2.49. The number of nitro benzene ring substituents is 1. The van der Waals surface area contributed by atoms with E-state index < -0.39 is 4.92 Å². The number of rotatable bonds is 5. The molecule has 114 valence electrons. The smallest absolute Gasteiger partial charge is 0.319 e. The third-order valence-electron chi connectivity index (χ3n) is 3.26. The van der Waals surface area contributed by atoms with Crippen molar-refractivity contribution in [2.75, 3.05) is 11.9 Å². The number of nitrogens with zero attached hydrogens (tertiary/aromatic N) is 1. The Kier molecular flexibility index (Phi) is 5.08. The number of carbonyl (C=O) groups is 1. The summed E-state index contributed by atoms with van der Waals surface area (Å²) in [6, 6.07) is 13.4. The number of nitrogens with one attached hydrogen (secondary N) is 2. The summed E-state index contributed by atoms with van der Waals surface area (Å²) in [5.74, 6) is 0. The van der Waals surface area contributed by atoms with Gasteiger partial charge >= 0.3 is 6.03 Å². The fraction of sp³-hybridized carbons (Fsp3) is 0.188. The minimum atomic E-state index is -0.499. The van der Waals surface area contributed by atoms with Crippen molar-refractivity contribution in [3.05, 3.63) is 69.8 Å². The number of non-ortho nitro benzene ring substituents is 1. The van der Waals surface area contributed by atoms with E-state index >= 15 is 0 Å². The van der Waals surface area contributed by atoms with Crippen molar-refractivity contribution in [1.82, 2.24) is 5.32 Å². The topological polar surface area (TPSA) is 84.3 Å². The molecule has 0 aliphatic rings. The number of urea groups is 1. The van der Waals surface area contributed by atoms with Crippen molar-refractivity contribution in [3.8, 4) is 0 Å². The lowest BCUT2D eigenvalue weighted by Gasteiger charge is -2.09. The summed E-state index contributed by atoms with van der Waals surface area (Å²) in [5.41, 5.74) is 2.70. The molecule has 6 nitrogen and oxygen atoms in total. The summed E-state index contributed by atoms with van der Waals surface area (Å²) in [5, 5.41) is 16.0. The molecule has 0 fully saturated rings. The SMILES string of the molecule is Cc1ccccc1CCNC(=O)Nc1cccc([N+](=O)[O-])c1. The van der Waals surface area contributed by atoms with Crippen LogP contribution >= 0.6 is 0 Å². The Labute approximate surface area is 128 Å². The Morgan fingerprint density at radius 2 is 1.95 bits per heavy atom. The highest BCUT2D eigenvalue weighted by atomic mass is 16.6. The lowest BCUT2D eigenvalue weighted by Crippen LogP contribution is -2.30. The molecule has 0 aliphatic heterocycles. The molecule has 0 aromatic heterocycles. The van der Waals surface area contributed by atoms with E-state index in [0.29, 0.717) is 12.2 Å². The molecule has 6 heteroatoms. The first-order chi connectivity index (χ1) is 10.6. The second-order valence-electron chi connectivity index (χ2n) is 4.86. The molecule has 0 saturated carbocycles. The van der Waals surface area contributed by atoms with Crippen LogP contribution in [0.15, 0.2) is 48.5 Å². The third kappa shape index (κ3) is 4.31. The Morgan fingerprint density at radius 1 is 1.18 bits per heavy atom. The minimum absolute atomic E-state index is 0.0577. The predicted octanol–water partition coefficient (Wildman–Crippen LogP) is 3.27. The van der Waals surface area contributed by atoms with Gasteiger partial charge in [-0.15, -0.1) is 0 Å². The van der Waals surface area contributed by atoms with Crippen molar-refractivity contribution in [2.45, 2.75) is 13.3 Å². The van der Waals surface area contributed by atoms with Crippen molar-refractivity contribution in [3.63, 3.8) is 0 Å². The van der Waals surface area contributed by atoms with Gasteiger partial charge in [-0.05, 0) is 30.5 Å². The molecule has 0 bridgehead atoms. The number of nitro groups is 1. The molecular weight excluding hydrogens is 282 g/mol. The van der Waals surface area contributed by atoms with Crippen LogP contribution in [0, 0.1) is 17.0 Å². The van der Waals surface area contributed by atoms with Crippen molar-refractivity contribution in [2.24, 2.45) is 0 Å². The van der Waals surface area contributed by atoms with Crippen molar-refractivity contribution >= 4 is 17.4 Å². The monoisotopic (exact) mass is 299 g/mol. The summed E-state index contributed by atoms with van der Waals surface area (Å²) in [6.45, 7) is 2.52. The molecule has 2 aromatic carbocycles. The highest BCUT2D eigenvalue weighted by Gasteiger charge is 2.07. The van der Waals surface area contributed by atoms with E-state index in [4.69, 9.17) is 0 Å². The molecule has 0 aliphatic carbocycles. The maximum absolute atomic E-state index is 11.8. The highest BCUT2D eigenvalue weighted by molar-refractivity contribution is 5.89. The van der Waals surface area contributed by atoms with Crippen LogP contribution in [0.25, 0.3) is 0 Å². The molecule has 0 spiro atoms. The Hall–Kier alpha value is -2.89. The number of carbonyl (C=O) groups excluding carboxylic acids is 1. The van der Waals surface area contributed by atoms with Gasteiger partial charge in [0, 0.05) is 24.4 Å². The molecular formula is C16H17N3O3. The number of hydrogen-bond acceptors (Lipinski definition) is 3. The summed E-state index contributed by atoms with van der Waals surface area (Å²) < 4.78 is 0. The van der Waals surface area contributed by atoms with Crippen molar-refractivity contribution < 1.29 is 9.72 Å². The van der Waals surface area contributed by atoms with Gasteiger partial charge in [0.25, 0.3) is 5.69 Å². The van der Waals surface area contributed by atoms with Crippen LogP contribution in [-0.4, -0.2) is 17.5 Å². The van der Waals surface area contributed by atoms with Crippen LogP contribution in [-0.2, 0) is 6.42 Å². The van der Waals surface area contributed by atoms with Crippen LogP contribution < -0.4 is 10.6 Å². The van der Waals surface area contributed by atoms with Gasteiger partial charge in [-0.1, -0.05) is 30.3 Å². The first-order valence-corrected chi connectivity index (χ1v) is 6.90. The fourth-order valence-corrected chi connectivity index (χ4v) is 2.07. The summed E-state index contributed by atoms with van der Waals surface area (Å²) in [7, 11) is 0. The molecule has 0 heterocycles. The van der Waals surface area contributed by atoms with E-state index in [1.807, 2.05) is 31.2 Å². The molecule has 2 rings (SSSR count). The molecule has 2 N–H and O–H groups in total. The molecule has 0 unspecified atom stereocenters. The molecule has 2 aromatic rings. The van der Waals surface area contributed by atoms with Gasteiger partial charge in [-0.3, -0.25) is 10.1 Å². The Bertz CT molecular complexity index is 686. The lowest BCUT2D eigenvalue weighted by molar-refractivity contribution is -0.384. The highest BCUT2D eigenvalue weighted by Crippen LogP contribution is 2.16. The van der Waals surface area contributed by atoms with Crippen LogP contribution in [0.2, 0.25) is 0 Å². The zero-order chi connectivity index (χ0) is 15.9. The maximum Gasteiger partial charge on any atom is 0.319 e. The first-order valence-electron chi connectivity index (χ1n) is 6.90. The van der Waals surface area contributed by atoms with Gasteiger partial charge < -0.3 is 10.6 Å². The Morgan fingerprint density at radius 3 is 2.68 bits per heavy atom. The maximum atomic E-state index is 11.8. The Balaban J connectivity index is 1.84. The van der Waals surface area contributed by atoms with E-state index in [9.17, 15) is 14.9 Å². The second-order valence-corrected chi connectivity index (χ2v) is 4.86. The average molecular weight is 299 g/mol. The standard InChI is InChI=1S/C16H17N3O3/c1-12-5-2-3-6-13(12)9-10-17-16(20)18-14-7-4-8-15(11-14)19(21)22/h2-8,11H,9-10H2,1H3,(H2,17,18,20). The van der Waals surface area contributed by atoms with Gasteiger partial charge in [0.15, 0.2) is 0 Å². The van der Waals surface area contributed by atoms with Gasteiger partial charge in [0.05, 0.1) is 4.92 Å². The zero-order valence-electron chi connectivity index (χ0n) is 12.2. The van der Waals surface area contributed by atoms with Gasteiger partial charge in [-0.25, -0.2) is 4.79 Å². The third-order valence-corrected chi connectivity index (χ3v) is 3.26. The number of hydrogen-bond donors (Lipinski definition) is 2. The normalized spacial score (nSPS) is 10.0. The van der Waals surface area contributed by atoms with Crippen LogP contribution in [0.1, 0.15) is 11.1 Å². The zero-order valence-corrected chi connectivity index (χ0v) is 12.2. The van der Waals surface area contributed by atoms with E-state index in [2.05, 4.69) is 10.6 Å². The summed E-state index contributed by atoms with van der Waals surface area (Å²) >= 11 is 0. The predicted molar refractivity (Wildman–Crippen MR) is 85.0 cm³/mol. The van der Waals surface area contributed by atoms with Crippen LogP contribution in [0.5, 0.6) is 0 Å². The number of aryl methyl sites for hydroxylation is 1. The fourth-order valence-electron chi connectivity index (χ4n) is 2.07. The van der Waals surface area contributed by atoms with Gasteiger partial charge in [0.1, 0.15) is 0 Å². The summed E-state index contributed by atoms with van der Waals surface area (Å²) in [4.78, 5) is 22.0. The minimum Gasteiger partial charge on any atom is -0.338 e. The summed E-state index contributed by atoms with van der Waals surface area (Å²) in [6.07, 6.45) is 0.731. The molecule has 0 saturated heterocycles. The van der Waals surface area contributed by atoms with Crippen molar-refractivity contribution in [1.29, 1.82) is 0 Å². The van der Waals surface area contributed by atoms with E-state index in [0.717, 1.165) is 6.42 Å². The van der Waals surface area contributed by atoms with E-state index in [1.54, 1.807) is 6.07 Å². The molecule has 2 amide bonds. The first kappa shape index (κ1) is 15.5. The van der Waals surface area contributed by atoms with Crippen LogP contribution in [0.4, 0.5) is 16.2 Å².